The summed E-state index contributed by atoms with van der Waals surface area (Å²) in [6, 6.07) is 0.393. The van der Waals surface area contributed by atoms with Crippen LogP contribution in [-0.4, -0.2) is 60.9 Å². The molecule has 8 nitrogen and oxygen atoms in total. The standard InChI is InChI=1S/C12H17N5O3S/c18-10(16-5-3-8(4-6-16)11(19)20)7-21-12-13-14-15-17(12)9-1-2-9/h8-9H,1-7H2,(H,19,20). The molecule has 1 saturated carbocycles. The summed E-state index contributed by atoms with van der Waals surface area (Å²) in [4.78, 5) is 24.8. The summed E-state index contributed by atoms with van der Waals surface area (Å²) < 4.78 is 1.79. The molecule has 1 aliphatic heterocycles. The number of nitrogens with zero attached hydrogens (tertiary/aromatic N) is 5. The first-order valence-corrected chi connectivity index (χ1v) is 8.05. The molecule has 2 heterocycles. The minimum absolute atomic E-state index is 0.0224. The Morgan fingerprint density at radius 1 is 1.24 bits per heavy atom. The molecule has 2 aliphatic rings. The predicted octanol–water partition coefficient (Wildman–Crippen LogP) is 0.423. The average Bonchev–Trinajstić information content (AvgIpc) is 3.23. The lowest BCUT2D eigenvalue weighted by molar-refractivity contribution is -0.145. The summed E-state index contributed by atoms with van der Waals surface area (Å²) in [5.74, 6) is -0.761. The minimum Gasteiger partial charge on any atom is -0.481 e. The highest BCUT2D eigenvalue weighted by Crippen LogP contribution is 2.36. The molecule has 1 N–H and O–H groups in total. The molecule has 0 bridgehead atoms. The van der Waals surface area contributed by atoms with E-state index in [1.807, 2.05) is 0 Å². The Labute approximate surface area is 125 Å². The summed E-state index contributed by atoms with van der Waals surface area (Å²) in [5, 5.41) is 21.2. The number of aliphatic carboxylic acids is 1. The Morgan fingerprint density at radius 3 is 2.57 bits per heavy atom. The molecule has 1 aromatic rings. The number of amides is 1. The highest BCUT2D eigenvalue weighted by Gasteiger charge is 2.29. The Bertz CT molecular complexity index is 537. The van der Waals surface area contributed by atoms with Gasteiger partial charge in [-0.05, 0) is 36.1 Å². The van der Waals surface area contributed by atoms with Gasteiger partial charge in [0.1, 0.15) is 0 Å². The normalized spacial score (nSPS) is 19.7. The van der Waals surface area contributed by atoms with Gasteiger partial charge in [0.2, 0.25) is 11.1 Å². The zero-order valence-corrected chi connectivity index (χ0v) is 12.3. The van der Waals surface area contributed by atoms with E-state index >= 15 is 0 Å². The monoisotopic (exact) mass is 311 g/mol. The molecule has 0 spiro atoms. The lowest BCUT2D eigenvalue weighted by Crippen LogP contribution is -2.41. The number of rotatable bonds is 5. The molecule has 0 unspecified atom stereocenters. The summed E-state index contributed by atoms with van der Waals surface area (Å²) in [6.07, 6.45) is 3.25. The van der Waals surface area contributed by atoms with Gasteiger partial charge < -0.3 is 10.0 Å². The van der Waals surface area contributed by atoms with Crippen molar-refractivity contribution in [2.45, 2.75) is 36.9 Å². The van der Waals surface area contributed by atoms with Gasteiger partial charge in [-0.15, -0.1) is 5.10 Å². The molecule has 0 radical (unpaired) electrons. The van der Waals surface area contributed by atoms with E-state index in [2.05, 4.69) is 15.5 Å². The maximum Gasteiger partial charge on any atom is 0.306 e. The van der Waals surface area contributed by atoms with Gasteiger partial charge in [-0.2, -0.15) is 0 Å². The number of aromatic nitrogens is 4. The summed E-state index contributed by atoms with van der Waals surface area (Å²) in [6.45, 7) is 1.04. The lowest BCUT2D eigenvalue weighted by Gasteiger charge is -2.30. The van der Waals surface area contributed by atoms with Gasteiger partial charge in [-0.1, -0.05) is 11.8 Å². The zero-order chi connectivity index (χ0) is 14.8. The molecule has 3 rings (SSSR count). The Morgan fingerprint density at radius 2 is 1.95 bits per heavy atom. The molecule has 1 aromatic heterocycles. The van der Waals surface area contributed by atoms with Crippen molar-refractivity contribution in [3.63, 3.8) is 0 Å². The zero-order valence-electron chi connectivity index (χ0n) is 11.5. The van der Waals surface area contributed by atoms with Crippen LogP contribution in [0.2, 0.25) is 0 Å². The van der Waals surface area contributed by atoms with Crippen LogP contribution in [-0.2, 0) is 9.59 Å². The third-order valence-corrected chi connectivity index (χ3v) is 4.80. The number of thioether (sulfide) groups is 1. The fourth-order valence-corrected chi connectivity index (χ4v) is 3.27. The highest BCUT2D eigenvalue weighted by atomic mass is 32.2. The van der Waals surface area contributed by atoms with Crippen LogP contribution in [0.1, 0.15) is 31.7 Å². The van der Waals surface area contributed by atoms with Gasteiger partial charge in [-0.25, -0.2) is 4.68 Å². The van der Waals surface area contributed by atoms with E-state index in [0.29, 0.717) is 42.9 Å². The molecule has 1 aliphatic carbocycles. The fraction of sp³-hybridized carbons (Fsp3) is 0.750. The van der Waals surface area contributed by atoms with Crippen LogP contribution in [0.3, 0.4) is 0 Å². The first-order chi connectivity index (χ1) is 10.1. The molecule has 9 heteroatoms. The van der Waals surface area contributed by atoms with E-state index in [1.54, 1.807) is 9.58 Å². The van der Waals surface area contributed by atoms with E-state index in [0.717, 1.165) is 12.8 Å². The number of carboxylic acids is 1. The molecule has 1 saturated heterocycles. The Kier molecular flexibility index (Phi) is 4.09. The maximum absolute atomic E-state index is 12.1. The molecule has 2 fully saturated rings. The van der Waals surface area contributed by atoms with Crippen LogP contribution in [0.5, 0.6) is 0 Å². The molecule has 0 aromatic carbocycles. The molecule has 1 amide bonds. The minimum atomic E-state index is -0.764. The van der Waals surface area contributed by atoms with Crippen molar-refractivity contribution >= 4 is 23.6 Å². The van der Waals surface area contributed by atoms with E-state index in [-0.39, 0.29) is 11.8 Å². The Balaban J connectivity index is 1.48. The van der Waals surface area contributed by atoms with Gasteiger partial charge in [0.15, 0.2) is 0 Å². The third kappa shape index (κ3) is 3.34. The maximum atomic E-state index is 12.1. The number of likely N-dealkylation sites (tertiary alicyclic amines) is 1. The van der Waals surface area contributed by atoms with Crippen molar-refractivity contribution in [3.8, 4) is 0 Å². The van der Waals surface area contributed by atoms with Crippen molar-refractivity contribution in [3.05, 3.63) is 0 Å². The summed E-state index contributed by atoms with van der Waals surface area (Å²) in [7, 11) is 0. The predicted molar refractivity (Wildman–Crippen MR) is 73.8 cm³/mol. The second kappa shape index (κ2) is 6.00. The van der Waals surface area contributed by atoms with Crippen LogP contribution in [0.25, 0.3) is 0 Å². The topological polar surface area (TPSA) is 101 Å². The fourth-order valence-electron chi connectivity index (χ4n) is 2.42. The SMILES string of the molecule is O=C(O)C1CCN(C(=O)CSc2nnnn2C2CC2)CC1. The van der Waals surface area contributed by atoms with E-state index in [9.17, 15) is 9.59 Å². The molecule has 21 heavy (non-hydrogen) atoms. The first-order valence-electron chi connectivity index (χ1n) is 7.06. The second-order valence-electron chi connectivity index (χ2n) is 5.42. The second-order valence-corrected chi connectivity index (χ2v) is 6.36. The quantitative estimate of drug-likeness (QED) is 0.786. The van der Waals surface area contributed by atoms with Gasteiger partial charge >= 0.3 is 5.97 Å². The van der Waals surface area contributed by atoms with Crippen molar-refractivity contribution in [1.82, 2.24) is 25.1 Å². The Hall–Kier alpha value is -1.64. The molecule has 0 atom stereocenters. The van der Waals surface area contributed by atoms with Crippen molar-refractivity contribution in [1.29, 1.82) is 0 Å². The van der Waals surface area contributed by atoms with Crippen molar-refractivity contribution in [2.75, 3.05) is 18.8 Å². The number of carboxylic acid groups (broad SMARTS) is 1. The number of hydrogen-bond acceptors (Lipinski definition) is 6. The lowest BCUT2D eigenvalue weighted by atomic mass is 9.97. The van der Waals surface area contributed by atoms with E-state index in [4.69, 9.17) is 5.11 Å². The summed E-state index contributed by atoms with van der Waals surface area (Å²) in [5.41, 5.74) is 0. The number of carbonyl (C=O) groups is 2. The van der Waals surface area contributed by atoms with Crippen LogP contribution in [0.15, 0.2) is 5.16 Å². The first kappa shape index (κ1) is 14.3. The highest BCUT2D eigenvalue weighted by molar-refractivity contribution is 7.99. The number of piperidine rings is 1. The van der Waals surface area contributed by atoms with Crippen LogP contribution < -0.4 is 0 Å². The molecule has 114 valence electrons. The smallest absolute Gasteiger partial charge is 0.306 e. The van der Waals surface area contributed by atoms with Crippen molar-refractivity contribution in [2.24, 2.45) is 5.92 Å². The van der Waals surface area contributed by atoms with Crippen LogP contribution >= 0.6 is 11.8 Å². The largest absolute Gasteiger partial charge is 0.481 e. The third-order valence-electron chi connectivity index (χ3n) is 3.88. The molecular formula is C12H17N5O3S. The number of tetrazole rings is 1. The molecular weight excluding hydrogens is 294 g/mol. The number of hydrogen-bond donors (Lipinski definition) is 1. The van der Waals surface area contributed by atoms with E-state index in [1.165, 1.54) is 11.8 Å². The number of carbonyl (C=O) groups excluding carboxylic acids is 1. The van der Waals surface area contributed by atoms with Gasteiger partial charge in [0, 0.05) is 13.1 Å². The van der Waals surface area contributed by atoms with Gasteiger partial charge in [-0.3, -0.25) is 9.59 Å². The van der Waals surface area contributed by atoms with Crippen molar-refractivity contribution < 1.29 is 14.7 Å². The van der Waals surface area contributed by atoms with Gasteiger partial charge in [0.25, 0.3) is 0 Å². The average molecular weight is 311 g/mol. The van der Waals surface area contributed by atoms with E-state index < -0.39 is 5.97 Å². The summed E-state index contributed by atoms with van der Waals surface area (Å²) >= 11 is 1.35. The van der Waals surface area contributed by atoms with Crippen LogP contribution in [0, 0.1) is 5.92 Å². The van der Waals surface area contributed by atoms with Gasteiger partial charge in [0.05, 0.1) is 17.7 Å². The van der Waals surface area contributed by atoms with Crippen LogP contribution in [0.4, 0.5) is 0 Å².